The maximum atomic E-state index is 11.0. The Kier molecular flexibility index (Phi) is 4.36. The van der Waals surface area contributed by atoms with Gasteiger partial charge in [0.1, 0.15) is 12.0 Å². The number of ether oxygens (including phenoxy) is 1. The number of carbonyl (C=O) groups excluding carboxylic acids is 1. The quantitative estimate of drug-likeness (QED) is 0.470. The molecule has 0 rings (SSSR count). The zero-order valence-electron chi connectivity index (χ0n) is 7.43. The minimum absolute atomic E-state index is 0.829. The van der Waals surface area contributed by atoms with Crippen LogP contribution in [-0.4, -0.2) is 41.4 Å². The lowest BCUT2D eigenvalue weighted by Crippen LogP contribution is -2.47. The molecule has 0 fully saturated rings. The summed E-state index contributed by atoms with van der Waals surface area (Å²) in [5.74, 6) is -3.41. The zero-order chi connectivity index (χ0) is 10.6. The zero-order valence-corrected chi connectivity index (χ0v) is 7.43. The summed E-state index contributed by atoms with van der Waals surface area (Å²) in [6, 6.07) is -1.45. The molecule has 3 atom stereocenters. The van der Waals surface area contributed by atoms with Crippen molar-refractivity contribution in [1.82, 2.24) is 0 Å². The SMILES string of the molecule is COC(=O)[C@@H]([C@H](N)C(=O)O)[C@@H](C)O. The molecule has 0 saturated carbocycles. The second kappa shape index (κ2) is 4.78. The third-order valence-electron chi connectivity index (χ3n) is 1.67. The molecule has 4 N–H and O–H groups in total. The van der Waals surface area contributed by atoms with Crippen LogP contribution in [0.25, 0.3) is 0 Å². The van der Waals surface area contributed by atoms with Gasteiger partial charge < -0.3 is 20.7 Å². The minimum atomic E-state index is -1.45. The average molecular weight is 191 g/mol. The third-order valence-corrected chi connectivity index (χ3v) is 1.67. The molecule has 0 aromatic heterocycles. The van der Waals surface area contributed by atoms with E-state index in [0.29, 0.717) is 0 Å². The maximum absolute atomic E-state index is 11.0. The number of nitrogens with two attached hydrogens (primary N) is 1. The van der Waals surface area contributed by atoms with E-state index in [9.17, 15) is 9.59 Å². The Balaban J connectivity index is 4.60. The molecular weight excluding hydrogens is 178 g/mol. The van der Waals surface area contributed by atoms with E-state index in [1.165, 1.54) is 6.92 Å². The summed E-state index contributed by atoms with van der Waals surface area (Å²) in [5.41, 5.74) is 5.18. The van der Waals surface area contributed by atoms with E-state index in [4.69, 9.17) is 15.9 Å². The summed E-state index contributed by atoms with van der Waals surface area (Å²) in [4.78, 5) is 21.4. The molecule has 0 heterocycles. The van der Waals surface area contributed by atoms with Gasteiger partial charge in [-0.15, -0.1) is 0 Å². The van der Waals surface area contributed by atoms with E-state index >= 15 is 0 Å². The number of aliphatic carboxylic acids is 1. The third kappa shape index (κ3) is 3.00. The summed E-state index contributed by atoms with van der Waals surface area (Å²) in [7, 11) is 1.10. The van der Waals surface area contributed by atoms with E-state index in [2.05, 4.69) is 4.74 Å². The van der Waals surface area contributed by atoms with Crippen LogP contribution in [-0.2, 0) is 14.3 Å². The van der Waals surface area contributed by atoms with Crippen LogP contribution in [0.4, 0.5) is 0 Å². The molecule has 0 aromatic rings. The number of carboxylic acid groups (broad SMARTS) is 1. The molecule has 13 heavy (non-hydrogen) atoms. The first-order chi connectivity index (χ1) is 5.91. The molecular formula is C7H13NO5. The Morgan fingerprint density at radius 3 is 2.15 bits per heavy atom. The van der Waals surface area contributed by atoms with Crippen LogP contribution < -0.4 is 5.73 Å². The van der Waals surface area contributed by atoms with E-state index in [-0.39, 0.29) is 0 Å². The van der Waals surface area contributed by atoms with Crippen molar-refractivity contribution in [3.05, 3.63) is 0 Å². The first-order valence-corrected chi connectivity index (χ1v) is 3.66. The lowest BCUT2D eigenvalue weighted by molar-refractivity contribution is -0.156. The highest BCUT2D eigenvalue weighted by Crippen LogP contribution is 2.10. The highest BCUT2D eigenvalue weighted by atomic mass is 16.5. The highest BCUT2D eigenvalue weighted by molar-refractivity contribution is 5.83. The van der Waals surface area contributed by atoms with Crippen LogP contribution in [0.15, 0.2) is 0 Å². The minimum Gasteiger partial charge on any atom is -0.480 e. The van der Waals surface area contributed by atoms with Crippen LogP contribution in [0, 0.1) is 5.92 Å². The molecule has 0 bridgehead atoms. The molecule has 0 unspecified atom stereocenters. The maximum Gasteiger partial charge on any atom is 0.321 e. The molecule has 0 saturated heterocycles. The number of esters is 1. The summed E-state index contributed by atoms with van der Waals surface area (Å²) in [6.45, 7) is 1.28. The molecule has 0 aromatic carbocycles. The number of hydrogen-bond donors (Lipinski definition) is 3. The van der Waals surface area contributed by atoms with Gasteiger partial charge >= 0.3 is 11.9 Å². The van der Waals surface area contributed by atoms with Crippen molar-refractivity contribution in [1.29, 1.82) is 0 Å². The number of aliphatic hydroxyl groups excluding tert-OH is 1. The Bertz CT molecular complexity index is 203. The van der Waals surface area contributed by atoms with E-state index in [1.807, 2.05) is 0 Å². The Morgan fingerprint density at radius 1 is 1.46 bits per heavy atom. The summed E-state index contributed by atoms with van der Waals surface area (Å²) in [6.07, 6.45) is -1.15. The Hall–Kier alpha value is -1.14. The van der Waals surface area contributed by atoms with Crippen molar-refractivity contribution >= 4 is 11.9 Å². The largest absolute Gasteiger partial charge is 0.480 e. The lowest BCUT2D eigenvalue weighted by Gasteiger charge is -2.20. The van der Waals surface area contributed by atoms with Gasteiger partial charge in [-0.1, -0.05) is 0 Å². The molecule has 0 aliphatic rings. The monoisotopic (exact) mass is 191 g/mol. The molecule has 0 amide bonds. The van der Waals surface area contributed by atoms with Gasteiger partial charge in [0.25, 0.3) is 0 Å². The van der Waals surface area contributed by atoms with Gasteiger partial charge in [0.05, 0.1) is 13.2 Å². The van der Waals surface area contributed by atoms with Crippen molar-refractivity contribution in [2.75, 3.05) is 7.11 Å². The normalized spacial score (nSPS) is 17.2. The van der Waals surface area contributed by atoms with Crippen molar-refractivity contribution in [3.63, 3.8) is 0 Å². The lowest BCUT2D eigenvalue weighted by atomic mass is 9.95. The van der Waals surface area contributed by atoms with Crippen molar-refractivity contribution in [2.24, 2.45) is 11.7 Å². The first kappa shape index (κ1) is 11.9. The second-order valence-electron chi connectivity index (χ2n) is 2.65. The summed E-state index contributed by atoms with van der Waals surface area (Å²) < 4.78 is 4.30. The molecule has 76 valence electrons. The van der Waals surface area contributed by atoms with Crippen LogP contribution in [0.2, 0.25) is 0 Å². The van der Waals surface area contributed by atoms with E-state index in [0.717, 1.165) is 7.11 Å². The fourth-order valence-corrected chi connectivity index (χ4v) is 0.933. The van der Waals surface area contributed by atoms with Gasteiger partial charge in [-0.05, 0) is 6.92 Å². The van der Waals surface area contributed by atoms with E-state index in [1.54, 1.807) is 0 Å². The standard InChI is InChI=1S/C7H13NO5/c1-3(9)4(7(12)13-2)5(8)6(10)11/h3-5,9H,8H2,1-2H3,(H,10,11)/t3-,4-,5+/m1/s1. The number of carbonyl (C=O) groups is 2. The Morgan fingerprint density at radius 2 is 1.92 bits per heavy atom. The van der Waals surface area contributed by atoms with Crippen LogP contribution in [0.3, 0.4) is 0 Å². The number of aliphatic hydroxyl groups is 1. The second-order valence-corrected chi connectivity index (χ2v) is 2.65. The highest BCUT2D eigenvalue weighted by Gasteiger charge is 2.35. The smallest absolute Gasteiger partial charge is 0.321 e. The molecule has 0 spiro atoms. The summed E-state index contributed by atoms with van der Waals surface area (Å²) >= 11 is 0. The number of methoxy groups -OCH3 is 1. The predicted molar refractivity (Wildman–Crippen MR) is 42.8 cm³/mol. The van der Waals surface area contributed by atoms with Crippen LogP contribution in [0.1, 0.15) is 6.92 Å². The number of carboxylic acids is 1. The van der Waals surface area contributed by atoms with Crippen molar-refractivity contribution in [2.45, 2.75) is 19.1 Å². The van der Waals surface area contributed by atoms with Gasteiger partial charge in [0.2, 0.25) is 0 Å². The fourth-order valence-electron chi connectivity index (χ4n) is 0.933. The van der Waals surface area contributed by atoms with Crippen LogP contribution in [0.5, 0.6) is 0 Å². The topological polar surface area (TPSA) is 110 Å². The van der Waals surface area contributed by atoms with Gasteiger partial charge in [-0.25, -0.2) is 0 Å². The van der Waals surface area contributed by atoms with Crippen molar-refractivity contribution in [3.8, 4) is 0 Å². The Labute approximate surface area is 75.3 Å². The van der Waals surface area contributed by atoms with E-state index < -0.39 is 30.0 Å². The van der Waals surface area contributed by atoms with Gasteiger partial charge in [0.15, 0.2) is 0 Å². The fraction of sp³-hybridized carbons (Fsp3) is 0.714. The van der Waals surface area contributed by atoms with Gasteiger partial charge in [-0.2, -0.15) is 0 Å². The average Bonchev–Trinajstić information content (AvgIpc) is 2.03. The molecule has 0 aliphatic carbocycles. The predicted octanol–water partition coefficient (Wildman–Crippen LogP) is -1.43. The molecule has 0 radical (unpaired) electrons. The summed E-state index contributed by atoms with van der Waals surface area (Å²) in [5, 5.41) is 17.6. The molecule has 6 heteroatoms. The van der Waals surface area contributed by atoms with Crippen LogP contribution >= 0.6 is 0 Å². The number of hydrogen-bond acceptors (Lipinski definition) is 5. The number of rotatable bonds is 4. The molecule has 0 aliphatic heterocycles. The van der Waals surface area contributed by atoms with Gasteiger partial charge in [0, 0.05) is 0 Å². The molecule has 6 nitrogen and oxygen atoms in total. The first-order valence-electron chi connectivity index (χ1n) is 3.66. The van der Waals surface area contributed by atoms with Gasteiger partial charge in [-0.3, -0.25) is 9.59 Å². The van der Waals surface area contributed by atoms with Crippen molar-refractivity contribution < 1.29 is 24.5 Å².